The summed E-state index contributed by atoms with van der Waals surface area (Å²) < 4.78 is 2.30. The van der Waals surface area contributed by atoms with Gasteiger partial charge in [-0.05, 0) is 109 Å². The van der Waals surface area contributed by atoms with E-state index in [4.69, 9.17) is 9.97 Å². The molecule has 0 saturated carbocycles. The van der Waals surface area contributed by atoms with Crippen LogP contribution in [0.15, 0.2) is 134 Å². The molecule has 9 rings (SSSR count). The van der Waals surface area contributed by atoms with Crippen molar-refractivity contribution >= 4 is 11.0 Å². The average Bonchev–Trinajstić information content (AvgIpc) is 3.74. The van der Waals surface area contributed by atoms with Gasteiger partial charge in [0.2, 0.25) is 0 Å². The number of nitrogens with zero attached hydrogens (tertiary/aromatic N) is 3. The Hall–Kier alpha value is -6.26. The standard InChI is InChI=1S/C61H65N3O/c1-57(2,3)40-27-28-52(45(32-40)37-21-16-15-17-22-37)64-53-26-20-24-43(54(53)63-56(64)46-33-42(59(7,8)9)34-50(55(46)65)60(10,11)12)38-29-39(31-41(30-38)58(4,5)6)51-35-49-47(36-62-51)44-23-18-19-25-48(44)61(49,13)14/h15-36,65H,1-14H3. The quantitative estimate of drug-likeness (QED) is 0.188. The number of phenols is 1. The Labute approximate surface area is 387 Å². The summed E-state index contributed by atoms with van der Waals surface area (Å²) in [4.78, 5) is 10.9. The van der Waals surface area contributed by atoms with Gasteiger partial charge in [0.05, 0.1) is 28.0 Å². The van der Waals surface area contributed by atoms with E-state index in [0.717, 1.165) is 66.9 Å². The summed E-state index contributed by atoms with van der Waals surface area (Å²) in [6.45, 7) is 31.5. The van der Waals surface area contributed by atoms with Gasteiger partial charge in [0.15, 0.2) is 0 Å². The number of benzene rings is 6. The number of rotatable bonds is 5. The predicted molar refractivity (Wildman–Crippen MR) is 275 cm³/mol. The third-order valence-corrected chi connectivity index (χ3v) is 13.8. The summed E-state index contributed by atoms with van der Waals surface area (Å²) in [7, 11) is 0. The fourth-order valence-corrected chi connectivity index (χ4v) is 9.73. The van der Waals surface area contributed by atoms with Gasteiger partial charge in [-0.1, -0.05) is 182 Å². The van der Waals surface area contributed by atoms with Crippen LogP contribution in [0, 0.1) is 0 Å². The molecule has 0 aliphatic heterocycles. The smallest absolute Gasteiger partial charge is 0.149 e. The highest BCUT2D eigenvalue weighted by atomic mass is 16.3. The molecule has 0 spiro atoms. The first-order valence-electron chi connectivity index (χ1n) is 23.3. The summed E-state index contributed by atoms with van der Waals surface area (Å²) >= 11 is 0. The molecule has 6 aromatic carbocycles. The van der Waals surface area contributed by atoms with Gasteiger partial charge in [0, 0.05) is 39.4 Å². The highest BCUT2D eigenvalue weighted by Gasteiger charge is 2.36. The predicted octanol–water partition coefficient (Wildman–Crippen LogP) is 16.3. The molecule has 0 bridgehead atoms. The normalized spacial score (nSPS) is 13.9. The molecule has 0 saturated heterocycles. The zero-order valence-corrected chi connectivity index (χ0v) is 41.0. The molecule has 4 heteroatoms. The molecule has 1 aliphatic carbocycles. The van der Waals surface area contributed by atoms with Crippen molar-refractivity contribution < 1.29 is 5.11 Å². The molecule has 8 aromatic rings. The molecule has 65 heavy (non-hydrogen) atoms. The van der Waals surface area contributed by atoms with Crippen LogP contribution in [0.1, 0.15) is 130 Å². The Kier molecular flexibility index (Phi) is 10.3. The van der Waals surface area contributed by atoms with Gasteiger partial charge in [0.1, 0.15) is 11.6 Å². The van der Waals surface area contributed by atoms with Gasteiger partial charge in [-0.15, -0.1) is 0 Å². The van der Waals surface area contributed by atoms with Crippen molar-refractivity contribution in [2.45, 2.75) is 124 Å². The number of imidazole rings is 1. The molecular weight excluding hydrogens is 791 g/mol. The molecule has 0 amide bonds. The monoisotopic (exact) mass is 856 g/mol. The van der Waals surface area contributed by atoms with E-state index in [0.29, 0.717) is 5.82 Å². The van der Waals surface area contributed by atoms with Crippen molar-refractivity contribution in [2.75, 3.05) is 0 Å². The summed E-state index contributed by atoms with van der Waals surface area (Å²) in [6, 6.07) is 46.5. The number of pyridine rings is 1. The molecule has 0 fully saturated rings. The molecule has 0 unspecified atom stereocenters. The molecular formula is C61H65N3O. The van der Waals surface area contributed by atoms with E-state index in [-0.39, 0.29) is 32.8 Å². The lowest BCUT2D eigenvalue weighted by molar-refractivity contribution is 0.446. The zero-order valence-electron chi connectivity index (χ0n) is 41.0. The van der Waals surface area contributed by atoms with Crippen LogP contribution in [-0.4, -0.2) is 19.6 Å². The molecule has 330 valence electrons. The van der Waals surface area contributed by atoms with E-state index >= 15 is 0 Å². The van der Waals surface area contributed by atoms with Crippen LogP contribution in [0.3, 0.4) is 0 Å². The second-order valence-electron chi connectivity index (χ2n) is 23.0. The van der Waals surface area contributed by atoms with E-state index in [9.17, 15) is 5.11 Å². The maximum absolute atomic E-state index is 12.6. The number of para-hydroxylation sites is 1. The van der Waals surface area contributed by atoms with Gasteiger partial charge in [-0.25, -0.2) is 4.98 Å². The van der Waals surface area contributed by atoms with Crippen LogP contribution in [0.2, 0.25) is 0 Å². The lowest BCUT2D eigenvalue weighted by atomic mass is 9.79. The maximum atomic E-state index is 12.6. The number of phenolic OH excluding ortho intramolecular Hbond substituents is 1. The minimum absolute atomic E-state index is 0.0703. The fourth-order valence-electron chi connectivity index (χ4n) is 9.73. The molecule has 1 aliphatic rings. The molecule has 2 aromatic heterocycles. The molecule has 1 N–H and O–H groups in total. The summed E-state index contributed by atoms with van der Waals surface area (Å²) in [5.41, 5.74) is 18.7. The lowest BCUT2D eigenvalue weighted by Gasteiger charge is -2.28. The number of aromatic nitrogens is 3. The van der Waals surface area contributed by atoms with Crippen molar-refractivity contribution in [1.29, 1.82) is 0 Å². The lowest BCUT2D eigenvalue weighted by Crippen LogP contribution is -2.17. The minimum Gasteiger partial charge on any atom is -0.507 e. The molecule has 2 heterocycles. The average molecular weight is 856 g/mol. The third kappa shape index (κ3) is 7.69. The van der Waals surface area contributed by atoms with Crippen molar-refractivity contribution in [1.82, 2.24) is 14.5 Å². The Morgan fingerprint density at radius 1 is 0.477 bits per heavy atom. The van der Waals surface area contributed by atoms with E-state index in [1.54, 1.807) is 0 Å². The van der Waals surface area contributed by atoms with E-state index in [2.05, 4.69) is 235 Å². The van der Waals surface area contributed by atoms with Crippen LogP contribution in [0.5, 0.6) is 5.75 Å². The van der Waals surface area contributed by atoms with Crippen molar-refractivity contribution in [3.63, 3.8) is 0 Å². The van der Waals surface area contributed by atoms with Crippen LogP contribution < -0.4 is 0 Å². The van der Waals surface area contributed by atoms with Crippen molar-refractivity contribution in [3.05, 3.63) is 167 Å². The van der Waals surface area contributed by atoms with Gasteiger partial charge in [-0.3, -0.25) is 9.55 Å². The fraction of sp³-hybridized carbons (Fsp3) is 0.311. The third-order valence-electron chi connectivity index (χ3n) is 13.8. The van der Waals surface area contributed by atoms with Gasteiger partial charge in [0.25, 0.3) is 0 Å². The zero-order chi connectivity index (χ0) is 46.6. The molecule has 4 nitrogen and oxygen atoms in total. The summed E-state index contributed by atoms with van der Waals surface area (Å²) in [5.74, 6) is 0.970. The first-order chi connectivity index (χ1) is 30.4. The molecule has 0 atom stereocenters. The first kappa shape index (κ1) is 44.0. The largest absolute Gasteiger partial charge is 0.507 e. The van der Waals surface area contributed by atoms with Crippen molar-refractivity contribution in [3.8, 4) is 67.5 Å². The van der Waals surface area contributed by atoms with Crippen molar-refractivity contribution in [2.24, 2.45) is 0 Å². The SMILES string of the molecule is CC(C)(C)c1cc(-c2cc3c(cn2)-c2ccccc2C3(C)C)cc(-c2cccc3c2nc(-c2cc(C(C)(C)C)cc(C(C)(C)C)c2O)n3-c2ccc(C(C)(C)C)cc2-c2ccccc2)c1. The number of hydrogen-bond donors (Lipinski definition) is 1. The Bertz CT molecular complexity index is 3150. The second-order valence-corrected chi connectivity index (χ2v) is 23.0. The second kappa shape index (κ2) is 15.2. The highest BCUT2D eigenvalue weighted by molar-refractivity contribution is 5.98. The Morgan fingerprint density at radius 2 is 1.09 bits per heavy atom. The van der Waals surface area contributed by atoms with E-state index < -0.39 is 0 Å². The molecule has 0 radical (unpaired) electrons. The Morgan fingerprint density at radius 3 is 1.77 bits per heavy atom. The number of fused-ring (bicyclic) bond motifs is 4. The van der Waals surface area contributed by atoms with E-state index in [1.165, 1.54) is 33.4 Å². The topological polar surface area (TPSA) is 50.9 Å². The first-order valence-corrected chi connectivity index (χ1v) is 23.3. The van der Waals surface area contributed by atoms with Gasteiger partial charge < -0.3 is 5.11 Å². The van der Waals surface area contributed by atoms with Crippen LogP contribution >= 0.6 is 0 Å². The number of hydrogen-bond acceptors (Lipinski definition) is 3. The van der Waals surface area contributed by atoms with Gasteiger partial charge >= 0.3 is 0 Å². The Balaban J connectivity index is 1.35. The summed E-state index contributed by atoms with van der Waals surface area (Å²) in [5, 5.41) is 12.6. The minimum atomic E-state index is -0.320. The van der Waals surface area contributed by atoms with E-state index in [1.807, 2.05) is 0 Å². The number of aromatic hydroxyl groups is 1. The van der Waals surface area contributed by atoms with Crippen LogP contribution in [-0.2, 0) is 27.1 Å². The van der Waals surface area contributed by atoms with Gasteiger partial charge in [-0.2, -0.15) is 0 Å². The maximum Gasteiger partial charge on any atom is 0.149 e. The van der Waals surface area contributed by atoms with Crippen LogP contribution in [0.25, 0.3) is 72.7 Å². The summed E-state index contributed by atoms with van der Waals surface area (Å²) in [6.07, 6.45) is 2.08. The highest BCUT2D eigenvalue weighted by Crippen LogP contribution is 2.50. The van der Waals surface area contributed by atoms with Crippen LogP contribution in [0.4, 0.5) is 0 Å².